The Balaban J connectivity index is 1.31. The van der Waals surface area contributed by atoms with Crippen LogP contribution in [0.1, 0.15) is 0 Å². The summed E-state index contributed by atoms with van der Waals surface area (Å²) in [5.41, 5.74) is 2.64. The average Bonchev–Trinajstić information content (AvgIpc) is 3.97. The summed E-state index contributed by atoms with van der Waals surface area (Å²) in [5.74, 6) is -1.57. The molecule has 33 heteroatoms. The van der Waals surface area contributed by atoms with Crippen LogP contribution in [0.25, 0.3) is 77.7 Å². The van der Waals surface area contributed by atoms with Gasteiger partial charge < -0.3 is 25.6 Å². The zero-order valence-electron chi connectivity index (χ0n) is 36.3. The van der Waals surface area contributed by atoms with Crippen LogP contribution in [0.5, 0.6) is 0 Å². The summed E-state index contributed by atoms with van der Waals surface area (Å²) in [6.45, 7) is 0. The number of halogens is 1. The van der Waals surface area contributed by atoms with Crippen LogP contribution in [0.3, 0.4) is 0 Å². The molecule has 0 fully saturated rings. The van der Waals surface area contributed by atoms with Crippen molar-refractivity contribution in [3.63, 3.8) is 0 Å². The topological polar surface area (TPSA) is 443 Å². The zero-order valence-corrected chi connectivity index (χ0v) is 41.1. The number of benzene rings is 5. The quantitative estimate of drug-likeness (QED) is 0.0688. The van der Waals surface area contributed by atoms with Crippen molar-refractivity contribution in [1.29, 1.82) is 5.41 Å². The van der Waals surface area contributed by atoms with Crippen LogP contribution in [-0.4, -0.2) is 106 Å². The van der Waals surface area contributed by atoms with Gasteiger partial charge in [-0.1, -0.05) is 48.5 Å². The number of anilines is 4. The summed E-state index contributed by atoms with van der Waals surface area (Å²) >= 11 is 3.11. The second kappa shape index (κ2) is 17.9. The average molecular weight is 1120 g/mol. The van der Waals surface area contributed by atoms with E-state index in [1.165, 1.54) is 54.6 Å². The third-order valence-electron chi connectivity index (χ3n) is 10.9. The molecule has 5 aromatic carbocycles. The molecule has 27 nitrogen and oxygen atoms in total. The number of hydrogen-bond donors (Lipinski definition) is 10. The lowest BCUT2D eigenvalue weighted by molar-refractivity contribution is 0.481. The van der Waals surface area contributed by atoms with E-state index in [0.717, 1.165) is 42.6 Å². The molecule has 10 rings (SSSR count). The largest absolute Gasteiger partial charge is 0.368 e. The third kappa shape index (κ3) is 9.09. The van der Waals surface area contributed by atoms with E-state index in [1.807, 2.05) is 0 Å². The van der Waals surface area contributed by atoms with E-state index in [9.17, 15) is 61.5 Å². The highest BCUT2D eigenvalue weighted by atomic mass is 35.5. The first kappa shape index (κ1) is 49.5. The van der Waals surface area contributed by atoms with E-state index in [4.69, 9.17) is 17.3 Å². The second-order valence-electron chi connectivity index (χ2n) is 15.5. The van der Waals surface area contributed by atoms with Gasteiger partial charge in [-0.2, -0.15) is 40.2 Å². The van der Waals surface area contributed by atoms with Gasteiger partial charge in [-0.25, -0.2) is 37.5 Å². The molecule has 4 aromatic heterocycles. The smallest absolute Gasteiger partial charge is 0.296 e. The van der Waals surface area contributed by atoms with Crippen LogP contribution in [0.4, 0.5) is 23.3 Å². The Morgan fingerprint density at radius 2 is 1.23 bits per heavy atom. The molecule has 9 aromatic rings. The Morgan fingerprint density at radius 3 is 1.91 bits per heavy atom. The Kier molecular flexibility index (Phi) is 12.0. The first-order chi connectivity index (χ1) is 34.9. The molecular formula is C41H27ClN14O13S5. The van der Waals surface area contributed by atoms with E-state index in [0.29, 0.717) is 0 Å². The van der Waals surface area contributed by atoms with Crippen LogP contribution in [-0.2, 0) is 51.5 Å². The van der Waals surface area contributed by atoms with Gasteiger partial charge in [0.2, 0.25) is 17.2 Å². The Labute approximate surface area is 421 Å². The first-order valence-corrected chi connectivity index (χ1v) is 27.6. The monoisotopic (exact) mass is 1120 g/mol. The molecule has 0 amide bonds. The van der Waals surface area contributed by atoms with Crippen LogP contribution >= 0.6 is 11.6 Å². The van der Waals surface area contributed by atoms with Crippen molar-refractivity contribution in [2.45, 2.75) is 24.5 Å². The SMILES string of the molecule is N=c1nc2[nH]c(nc3nc(nc4[nH]c(ncc5cccc(S(=O)O)c15)c1c(S(=O)(=O)O)cccc41)-c1c-3cccc1S(=O)(=O)O)c1c(S(=O)(=O)Nc3ccc(S(=O)(=O)O)c(Nc4nc(N)nc(Cl)n4)c3)cccc21. The molecule has 0 saturated carbocycles. The fourth-order valence-electron chi connectivity index (χ4n) is 8.01. The van der Waals surface area contributed by atoms with Gasteiger partial charge in [0.1, 0.15) is 37.3 Å². The lowest BCUT2D eigenvalue weighted by Gasteiger charge is -2.13. The second-order valence-corrected chi connectivity index (χ2v) is 22.6. The van der Waals surface area contributed by atoms with Crippen molar-refractivity contribution >= 4 is 141 Å². The van der Waals surface area contributed by atoms with Crippen molar-refractivity contribution < 1.29 is 56.1 Å². The van der Waals surface area contributed by atoms with Gasteiger partial charge in [-0.15, -0.1) is 0 Å². The lowest BCUT2D eigenvalue weighted by atomic mass is 10.1. The van der Waals surface area contributed by atoms with Crippen molar-refractivity contribution in [2.75, 3.05) is 15.8 Å². The number of nitrogens with two attached hydrogens (primary N) is 1. The molecule has 74 heavy (non-hydrogen) atoms. The van der Waals surface area contributed by atoms with Gasteiger partial charge in [0, 0.05) is 44.1 Å². The van der Waals surface area contributed by atoms with Crippen LogP contribution in [0.15, 0.2) is 122 Å². The number of hydrogen-bond acceptors (Lipinski definition) is 20. The predicted molar refractivity (Wildman–Crippen MR) is 265 cm³/mol. The normalized spacial score (nSPS) is 12.9. The van der Waals surface area contributed by atoms with Gasteiger partial charge in [0.25, 0.3) is 40.4 Å². The van der Waals surface area contributed by atoms with Gasteiger partial charge >= 0.3 is 0 Å². The summed E-state index contributed by atoms with van der Waals surface area (Å²) in [4.78, 5) is 36.6. The lowest BCUT2D eigenvalue weighted by Crippen LogP contribution is -2.14. The fourth-order valence-corrected chi connectivity index (χ4v) is 12.1. The molecule has 376 valence electrons. The summed E-state index contributed by atoms with van der Waals surface area (Å²) in [5, 5.41) is 10.5. The highest BCUT2D eigenvalue weighted by molar-refractivity contribution is 7.93. The maximum atomic E-state index is 14.7. The van der Waals surface area contributed by atoms with E-state index >= 15 is 0 Å². The molecule has 6 bridgehead atoms. The number of aromatic amines is 2. The number of nitrogens with one attached hydrogen (secondary N) is 5. The number of H-pyrrole nitrogens is 2. The minimum absolute atomic E-state index is 0.0155. The molecule has 1 unspecified atom stereocenters. The minimum Gasteiger partial charge on any atom is -0.368 e. The number of sulfonamides is 1. The first-order valence-electron chi connectivity index (χ1n) is 20.3. The van der Waals surface area contributed by atoms with Crippen LogP contribution < -0.4 is 21.3 Å². The molecule has 0 saturated heterocycles. The summed E-state index contributed by atoms with van der Waals surface area (Å²) < 4.78 is 162. The van der Waals surface area contributed by atoms with E-state index < -0.39 is 99.3 Å². The molecule has 5 heterocycles. The summed E-state index contributed by atoms with van der Waals surface area (Å²) in [7, 11) is -19.9. The zero-order chi connectivity index (χ0) is 52.8. The number of nitrogen functional groups attached to an aromatic ring is 1. The predicted octanol–water partition coefficient (Wildman–Crippen LogP) is 4.75. The van der Waals surface area contributed by atoms with E-state index in [-0.39, 0.29) is 88.4 Å². The maximum Gasteiger partial charge on any atom is 0.296 e. The van der Waals surface area contributed by atoms with Gasteiger partial charge in [0.15, 0.2) is 28.2 Å². The molecule has 0 aliphatic carbocycles. The van der Waals surface area contributed by atoms with Crippen molar-refractivity contribution in [2.24, 2.45) is 0 Å². The van der Waals surface area contributed by atoms with Crippen molar-refractivity contribution in [1.82, 2.24) is 49.8 Å². The number of nitrogens with zero attached hydrogens (tertiary/aromatic N) is 8. The van der Waals surface area contributed by atoms with E-state index in [1.54, 1.807) is 0 Å². The number of fused-ring (bicyclic) bond motifs is 16. The molecular weight excluding hydrogens is 1090 g/mol. The number of rotatable bonds is 9. The molecule has 1 aliphatic heterocycles. The molecule has 1 aliphatic rings. The summed E-state index contributed by atoms with van der Waals surface area (Å²) in [6.07, 6.45) is 1.09. The Bertz CT molecular complexity index is 4700. The van der Waals surface area contributed by atoms with E-state index in [2.05, 4.69) is 59.9 Å². The maximum absolute atomic E-state index is 14.7. The molecule has 0 spiro atoms. The number of aromatic nitrogens is 10. The minimum atomic E-state index is -5.08. The van der Waals surface area contributed by atoms with Crippen LogP contribution in [0.2, 0.25) is 5.28 Å². The van der Waals surface area contributed by atoms with Gasteiger partial charge in [0.05, 0.1) is 26.7 Å². The molecule has 11 N–H and O–H groups in total. The highest BCUT2D eigenvalue weighted by Gasteiger charge is 2.30. The highest BCUT2D eigenvalue weighted by Crippen LogP contribution is 2.40. The van der Waals surface area contributed by atoms with Crippen LogP contribution in [0, 0.1) is 5.41 Å². The standard InChI is InChI=1S/C41H27ClN14O13S5/c42-39-53-40(44)55-41(54-39)46-22-15-18(13-14-24(22)72(61,62)63)56-71(59,60)25-10-2-6-19-29(25)37-49-33(19)47-32(43)28-17(5-1-9-23(28)70(57)58)16-45-36-30-20(7-3-11-26(30)73(64,65)66)34(48-36)50-38-31-21(35(51-37)52-38)8-4-12-27(31)74(67,68)69/h1-16,56H,(H,57,58)(H,61,62,63)(H,64,65,66)(H,67,68,69)(H3,44,46,53,54,55)(H3,43,45,47,48,49,50,51,52). The Hall–Kier alpha value is -8.05. The van der Waals surface area contributed by atoms with Crippen molar-refractivity contribution in [3.05, 3.63) is 108 Å². The Morgan fingerprint density at radius 1 is 0.622 bits per heavy atom. The van der Waals surface area contributed by atoms with Gasteiger partial charge in [-0.3, -0.25) is 23.8 Å². The molecule has 1 atom stereocenters. The summed E-state index contributed by atoms with van der Waals surface area (Å²) in [6, 6.07) is 18.0. The van der Waals surface area contributed by atoms with Gasteiger partial charge in [-0.05, 0) is 54.1 Å². The van der Waals surface area contributed by atoms with Crippen molar-refractivity contribution in [3.8, 4) is 22.8 Å². The fraction of sp³-hybridized carbons (Fsp3) is 0. The third-order valence-corrected chi connectivity index (χ3v) is 15.9. The molecule has 0 radical (unpaired) electrons.